The Morgan fingerprint density at radius 3 is 2.73 bits per heavy atom. The van der Waals surface area contributed by atoms with Crippen LogP contribution in [0.5, 0.6) is 0 Å². The number of imidazole rings is 1. The van der Waals surface area contributed by atoms with E-state index in [1.54, 1.807) is 29.4 Å². The highest BCUT2D eigenvalue weighted by Gasteiger charge is 2.30. The van der Waals surface area contributed by atoms with Gasteiger partial charge in [0.25, 0.3) is 0 Å². The van der Waals surface area contributed by atoms with Crippen molar-refractivity contribution in [3.8, 4) is 5.95 Å². The summed E-state index contributed by atoms with van der Waals surface area (Å²) in [6.45, 7) is 5.46. The molecule has 37 heavy (non-hydrogen) atoms. The van der Waals surface area contributed by atoms with E-state index in [2.05, 4.69) is 42.2 Å². The molecule has 9 nitrogen and oxygen atoms in total. The monoisotopic (exact) mass is 516 g/mol. The van der Waals surface area contributed by atoms with Gasteiger partial charge in [-0.1, -0.05) is 47.5 Å². The van der Waals surface area contributed by atoms with Gasteiger partial charge >= 0.3 is 0 Å². The van der Waals surface area contributed by atoms with Crippen LogP contribution in [-0.2, 0) is 17.9 Å². The minimum absolute atomic E-state index is 0.00903. The van der Waals surface area contributed by atoms with E-state index in [0.29, 0.717) is 43.0 Å². The molecule has 0 saturated carbocycles. The van der Waals surface area contributed by atoms with E-state index >= 15 is 0 Å². The molecule has 1 N–H and O–H groups in total. The largest absolute Gasteiger partial charge is 0.352 e. The first-order valence-electron chi connectivity index (χ1n) is 12.3. The fourth-order valence-electron chi connectivity index (χ4n) is 4.49. The molecular weight excluding hydrogens is 488 g/mol. The zero-order chi connectivity index (χ0) is 25.6. The van der Waals surface area contributed by atoms with E-state index in [4.69, 9.17) is 16.6 Å². The number of carbonyl (C=O) groups is 1. The van der Waals surface area contributed by atoms with Crippen molar-refractivity contribution in [2.75, 3.05) is 24.5 Å². The van der Waals surface area contributed by atoms with E-state index in [1.807, 2.05) is 43.5 Å². The average molecular weight is 517 g/mol. The molecule has 1 amide bonds. The van der Waals surface area contributed by atoms with Crippen LogP contribution < -0.4 is 10.2 Å². The van der Waals surface area contributed by atoms with Crippen molar-refractivity contribution in [2.24, 2.45) is 0 Å². The van der Waals surface area contributed by atoms with Gasteiger partial charge in [0.1, 0.15) is 17.3 Å². The fraction of sp³-hybridized carbons (Fsp3) is 0.296. The van der Waals surface area contributed by atoms with Gasteiger partial charge in [-0.3, -0.25) is 19.2 Å². The highest BCUT2D eigenvalue weighted by atomic mass is 35.5. The summed E-state index contributed by atoms with van der Waals surface area (Å²) in [5.74, 6) is 1.13. The lowest BCUT2D eigenvalue weighted by Gasteiger charge is -2.42. The number of piperazine rings is 1. The summed E-state index contributed by atoms with van der Waals surface area (Å²) in [6, 6.07) is 15.8. The molecule has 0 bridgehead atoms. The van der Waals surface area contributed by atoms with Gasteiger partial charge in [-0.25, -0.2) is 9.97 Å². The van der Waals surface area contributed by atoms with Gasteiger partial charge in [0.2, 0.25) is 11.9 Å². The van der Waals surface area contributed by atoms with Gasteiger partial charge in [-0.05, 0) is 24.6 Å². The van der Waals surface area contributed by atoms with Crippen LogP contribution in [0.25, 0.3) is 5.95 Å². The van der Waals surface area contributed by atoms with Crippen LogP contribution in [0, 0.1) is 6.92 Å². The smallest absolute Gasteiger partial charge is 0.238 e. The standard InChI is InChI=1S/C27H29ClN8O/c1-20-5-7-21(8-6-20)16-31-26(37)14-23-18-34(17-22-4-2-3-9-30-22)12-13-36(23)25-15-24(28)32-27(33-25)35-11-10-29-19-35/h2-11,15,19,23H,12-14,16-18H2,1H3,(H,31,37). The lowest BCUT2D eigenvalue weighted by atomic mass is 10.1. The summed E-state index contributed by atoms with van der Waals surface area (Å²) in [7, 11) is 0. The van der Waals surface area contributed by atoms with Gasteiger partial charge < -0.3 is 10.2 Å². The molecule has 0 spiro atoms. The van der Waals surface area contributed by atoms with E-state index in [9.17, 15) is 4.79 Å². The summed E-state index contributed by atoms with van der Waals surface area (Å²) in [5, 5.41) is 3.42. The number of aromatic nitrogens is 5. The number of rotatable bonds is 8. The second-order valence-electron chi connectivity index (χ2n) is 9.19. The third-order valence-corrected chi connectivity index (χ3v) is 6.60. The third kappa shape index (κ3) is 6.49. The summed E-state index contributed by atoms with van der Waals surface area (Å²) in [5.41, 5.74) is 3.27. The summed E-state index contributed by atoms with van der Waals surface area (Å²) >= 11 is 6.39. The molecule has 1 atom stereocenters. The molecule has 4 heterocycles. The molecule has 5 rings (SSSR count). The normalized spacial score (nSPS) is 16.1. The minimum atomic E-state index is -0.0999. The number of nitrogens with one attached hydrogen (secondary N) is 1. The van der Waals surface area contributed by atoms with Crippen molar-refractivity contribution in [1.29, 1.82) is 0 Å². The summed E-state index contributed by atoms with van der Waals surface area (Å²) in [4.78, 5) is 35.2. The number of pyridine rings is 1. The molecule has 3 aromatic heterocycles. The van der Waals surface area contributed by atoms with Crippen molar-refractivity contribution in [3.05, 3.63) is 95.4 Å². The van der Waals surface area contributed by atoms with Crippen molar-refractivity contribution in [3.63, 3.8) is 0 Å². The third-order valence-electron chi connectivity index (χ3n) is 6.41. The predicted molar refractivity (Wildman–Crippen MR) is 142 cm³/mol. The Labute approximate surface area is 221 Å². The van der Waals surface area contributed by atoms with Crippen molar-refractivity contribution in [1.82, 2.24) is 34.7 Å². The molecular formula is C27H29ClN8O. The summed E-state index contributed by atoms with van der Waals surface area (Å²) in [6.07, 6.45) is 7.21. The maximum atomic E-state index is 13.1. The van der Waals surface area contributed by atoms with Gasteiger partial charge in [0.15, 0.2) is 0 Å². The first kappa shape index (κ1) is 24.9. The maximum absolute atomic E-state index is 13.1. The summed E-state index contributed by atoms with van der Waals surface area (Å²) < 4.78 is 1.72. The van der Waals surface area contributed by atoms with Crippen LogP contribution in [0.3, 0.4) is 0 Å². The zero-order valence-corrected chi connectivity index (χ0v) is 21.4. The van der Waals surface area contributed by atoms with Crippen molar-refractivity contribution in [2.45, 2.75) is 32.5 Å². The van der Waals surface area contributed by atoms with Gasteiger partial charge in [0.05, 0.1) is 11.7 Å². The minimum Gasteiger partial charge on any atom is -0.352 e. The van der Waals surface area contributed by atoms with E-state index in [0.717, 1.165) is 24.3 Å². The second-order valence-corrected chi connectivity index (χ2v) is 9.58. The number of nitrogens with zero attached hydrogens (tertiary/aromatic N) is 7. The molecule has 1 unspecified atom stereocenters. The molecule has 0 aliphatic carbocycles. The number of carbonyl (C=O) groups excluding carboxylic acids is 1. The number of anilines is 1. The number of hydrogen-bond acceptors (Lipinski definition) is 7. The number of halogens is 1. The van der Waals surface area contributed by atoms with E-state index in [1.165, 1.54) is 5.56 Å². The van der Waals surface area contributed by atoms with E-state index < -0.39 is 0 Å². The van der Waals surface area contributed by atoms with Gasteiger partial charge in [-0.15, -0.1) is 0 Å². The number of benzene rings is 1. The molecule has 0 radical (unpaired) electrons. The molecule has 190 valence electrons. The van der Waals surface area contributed by atoms with Crippen LogP contribution in [0.2, 0.25) is 5.15 Å². The Hall–Kier alpha value is -3.82. The van der Waals surface area contributed by atoms with Crippen LogP contribution >= 0.6 is 11.6 Å². The first-order valence-corrected chi connectivity index (χ1v) is 12.7. The SMILES string of the molecule is Cc1ccc(CNC(=O)CC2CN(Cc3ccccn3)CCN2c2cc(Cl)nc(-n3ccnc3)n2)cc1. The quantitative estimate of drug-likeness (QED) is 0.359. The van der Waals surface area contributed by atoms with Crippen LogP contribution in [0.1, 0.15) is 23.2 Å². The second kappa shape index (κ2) is 11.5. The molecule has 1 saturated heterocycles. The predicted octanol–water partition coefficient (Wildman–Crippen LogP) is 3.42. The Morgan fingerprint density at radius 1 is 1.11 bits per heavy atom. The van der Waals surface area contributed by atoms with Crippen LogP contribution in [0.4, 0.5) is 5.82 Å². The highest BCUT2D eigenvalue weighted by Crippen LogP contribution is 2.25. The fourth-order valence-corrected chi connectivity index (χ4v) is 4.66. The lowest BCUT2D eigenvalue weighted by molar-refractivity contribution is -0.121. The highest BCUT2D eigenvalue weighted by molar-refractivity contribution is 6.29. The first-order chi connectivity index (χ1) is 18.0. The molecule has 1 aliphatic heterocycles. The molecule has 1 aliphatic rings. The maximum Gasteiger partial charge on any atom is 0.238 e. The van der Waals surface area contributed by atoms with E-state index in [-0.39, 0.29) is 11.9 Å². The number of amides is 1. The average Bonchev–Trinajstić information content (AvgIpc) is 3.44. The zero-order valence-electron chi connectivity index (χ0n) is 20.7. The van der Waals surface area contributed by atoms with Crippen molar-refractivity contribution < 1.29 is 4.79 Å². The Bertz CT molecular complexity index is 1310. The van der Waals surface area contributed by atoms with Crippen LogP contribution in [-0.4, -0.2) is 61.0 Å². The van der Waals surface area contributed by atoms with Gasteiger partial charge in [0, 0.05) is 63.8 Å². The Balaban J connectivity index is 1.34. The topological polar surface area (TPSA) is 92.1 Å². The number of hydrogen-bond donors (Lipinski definition) is 1. The van der Waals surface area contributed by atoms with Gasteiger partial charge in [-0.2, -0.15) is 4.98 Å². The molecule has 1 fully saturated rings. The molecule has 10 heteroatoms. The van der Waals surface area contributed by atoms with Crippen LogP contribution in [0.15, 0.2) is 73.4 Å². The Morgan fingerprint density at radius 2 is 1.97 bits per heavy atom. The van der Waals surface area contributed by atoms with Crippen molar-refractivity contribution >= 4 is 23.3 Å². The molecule has 1 aromatic carbocycles. The Kier molecular flexibility index (Phi) is 7.72. The molecule has 4 aromatic rings. The number of aryl methyl sites for hydroxylation is 1. The lowest BCUT2D eigenvalue weighted by Crippen LogP contribution is -2.54.